The van der Waals surface area contributed by atoms with E-state index in [1.54, 1.807) is 0 Å². The summed E-state index contributed by atoms with van der Waals surface area (Å²) in [6.07, 6.45) is -12.2. The molecular formula is C9H6F7NO. The summed E-state index contributed by atoms with van der Waals surface area (Å²) in [7, 11) is 0. The van der Waals surface area contributed by atoms with Gasteiger partial charge in [-0.25, -0.2) is 4.39 Å². The van der Waals surface area contributed by atoms with Gasteiger partial charge in [-0.05, 0) is 12.1 Å². The summed E-state index contributed by atoms with van der Waals surface area (Å²) in [5.41, 5.74) is -2.59. The minimum absolute atomic E-state index is 0.144. The molecule has 0 amide bonds. The van der Waals surface area contributed by atoms with Gasteiger partial charge in [0.05, 0.1) is 0 Å². The topological polar surface area (TPSA) is 46.2 Å². The van der Waals surface area contributed by atoms with Gasteiger partial charge in [0.25, 0.3) is 5.60 Å². The Morgan fingerprint density at radius 2 is 1.39 bits per heavy atom. The van der Waals surface area contributed by atoms with E-state index in [4.69, 9.17) is 10.8 Å². The van der Waals surface area contributed by atoms with Crippen molar-refractivity contribution in [3.63, 3.8) is 0 Å². The molecule has 0 heterocycles. The molecule has 102 valence electrons. The van der Waals surface area contributed by atoms with E-state index in [1.807, 2.05) is 0 Å². The summed E-state index contributed by atoms with van der Waals surface area (Å²) in [5.74, 6) is -1.90. The molecule has 0 aromatic heterocycles. The molecule has 0 aliphatic carbocycles. The van der Waals surface area contributed by atoms with Gasteiger partial charge in [-0.1, -0.05) is 6.07 Å². The van der Waals surface area contributed by atoms with Crippen molar-refractivity contribution in [3.05, 3.63) is 29.6 Å². The number of rotatable bonds is 1. The number of hydrogen-bond acceptors (Lipinski definition) is 2. The van der Waals surface area contributed by atoms with Crippen molar-refractivity contribution in [2.45, 2.75) is 18.0 Å². The van der Waals surface area contributed by atoms with Crippen LogP contribution in [0.15, 0.2) is 18.2 Å². The summed E-state index contributed by atoms with van der Waals surface area (Å²) in [5, 5.41) is 8.90. The lowest BCUT2D eigenvalue weighted by atomic mass is 9.91. The Bertz CT molecular complexity index is 437. The zero-order valence-electron chi connectivity index (χ0n) is 8.40. The smallest absolute Gasteiger partial charge is 0.399 e. The summed E-state index contributed by atoms with van der Waals surface area (Å²) in [6, 6.07) is 1.03. The first-order valence-electron chi connectivity index (χ1n) is 4.32. The van der Waals surface area contributed by atoms with Crippen LogP contribution in [0.1, 0.15) is 5.56 Å². The number of benzene rings is 1. The number of aliphatic hydroxyl groups is 1. The minimum Gasteiger partial charge on any atom is -0.399 e. The number of halogens is 7. The Labute approximate surface area is 95.8 Å². The Hall–Kier alpha value is -1.51. The summed E-state index contributed by atoms with van der Waals surface area (Å²) >= 11 is 0. The van der Waals surface area contributed by atoms with E-state index < -0.39 is 29.3 Å². The van der Waals surface area contributed by atoms with Crippen LogP contribution in [0.5, 0.6) is 0 Å². The molecule has 1 rings (SSSR count). The molecule has 0 aliphatic rings. The highest BCUT2D eigenvalue weighted by molar-refractivity contribution is 5.43. The number of anilines is 1. The maximum atomic E-state index is 13.2. The third-order valence-corrected chi connectivity index (χ3v) is 2.20. The van der Waals surface area contributed by atoms with Gasteiger partial charge >= 0.3 is 12.4 Å². The normalized spacial score (nSPS) is 13.8. The zero-order valence-corrected chi connectivity index (χ0v) is 8.40. The second kappa shape index (κ2) is 4.01. The highest BCUT2D eigenvalue weighted by Crippen LogP contribution is 2.50. The lowest BCUT2D eigenvalue weighted by Gasteiger charge is -2.32. The van der Waals surface area contributed by atoms with Crippen LogP contribution in [-0.2, 0) is 5.60 Å². The van der Waals surface area contributed by atoms with Crippen molar-refractivity contribution < 1.29 is 35.8 Å². The fraction of sp³-hybridized carbons (Fsp3) is 0.333. The predicted octanol–water partition coefficient (Wildman–Crippen LogP) is 2.72. The second-order valence-corrected chi connectivity index (χ2v) is 3.45. The van der Waals surface area contributed by atoms with Crippen LogP contribution < -0.4 is 5.73 Å². The molecule has 0 spiro atoms. The Morgan fingerprint density at radius 3 is 1.72 bits per heavy atom. The van der Waals surface area contributed by atoms with Crippen molar-refractivity contribution in [1.29, 1.82) is 0 Å². The average Bonchev–Trinajstić information content (AvgIpc) is 2.12. The van der Waals surface area contributed by atoms with Gasteiger partial charge < -0.3 is 10.8 Å². The van der Waals surface area contributed by atoms with Gasteiger partial charge in [0.2, 0.25) is 0 Å². The van der Waals surface area contributed by atoms with Crippen molar-refractivity contribution in [2.75, 3.05) is 5.73 Å². The second-order valence-electron chi connectivity index (χ2n) is 3.45. The first-order chi connectivity index (χ1) is 7.91. The van der Waals surface area contributed by atoms with E-state index in [0.29, 0.717) is 6.07 Å². The maximum Gasteiger partial charge on any atom is 0.430 e. The third kappa shape index (κ3) is 2.09. The van der Waals surface area contributed by atoms with Gasteiger partial charge in [-0.3, -0.25) is 0 Å². The molecule has 0 bridgehead atoms. The van der Waals surface area contributed by atoms with Crippen molar-refractivity contribution in [3.8, 4) is 0 Å². The number of nitrogen functional groups attached to an aromatic ring is 1. The van der Waals surface area contributed by atoms with E-state index in [-0.39, 0.29) is 17.8 Å². The van der Waals surface area contributed by atoms with Crippen LogP contribution in [0.2, 0.25) is 0 Å². The molecule has 9 heteroatoms. The first kappa shape index (κ1) is 14.6. The van der Waals surface area contributed by atoms with Crippen molar-refractivity contribution in [1.82, 2.24) is 0 Å². The van der Waals surface area contributed by atoms with Crippen LogP contribution in [0, 0.1) is 5.82 Å². The van der Waals surface area contributed by atoms with Crippen molar-refractivity contribution in [2.24, 2.45) is 0 Å². The molecule has 0 aliphatic heterocycles. The SMILES string of the molecule is Nc1ccc(C(O)(C(F)(F)F)C(F)(F)F)c(F)c1. The molecule has 0 fully saturated rings. The standard InChI is InChI=1S/C9H6F7NO/c10-6-3-4(17)1-2-5(6)7(18,8(11,12)13)9(14,15)16/h1-3,18H,17H2. The molecule has 0 saturated heterocycles. The van der Waals surface area contributed by atoms with Gasteiger partial charge in [-0.15, -0.1) is 0 Å². The lowest BCUT2D eigenvalue weighted by Crippen LogP contribution is -2.54. The molecule has 0 unspecified atom stereocenters. The molecule has 0 radical (unpaired) electrons. The third-order valence-electron chi connectivity index (χ3n) is 2.20. The molecule has 1 aromatic rings. The van der Waals surface area contributed by atoms with Crippen LogP contribution in [0.3, 0.4) is 0 Å². The molecule has 2 nitrogen and oxygen atoms in total. The molecule has 3 N–H and O–H groups in total. The van der Waals surface area contributed by atoms with Gasteiger partial charge in [0.1, 0.15) is 5.82 Å². The summed E-state index contributed by atoms with van der Waals surface area (Å²) in [4.78, 5) is 0. The monoisotopic (exact) mass is 277 g/mol. The van der Waals surface area contributed by atoms with Gasteiger partial charge in [0.15, 0.2) is 0 Å². The van der Waals surface area contributed by atoms with E-state index in [0.717, 1.165) is 0 Å². The molecule has 1 aromatic carbocycles. The van der Waals surface area contributed by atoms with Crippen LogP contribution in [-0.4, -0.2) is 17.5 Å². The average molecular weight is 277 g/mol. The van der Waals surface area contributed by atoms with Crippen LogP contribution >= 0.6 is 0 Å². The number of hydrogen-bond donors (Lipinski definition) is 2. The maximum absolute atomic E-state index is 13.2. The summed E-state index contributed by atoms with van der Waals surface area (Å²) < 4.78 is 87.6. The van der Waals surface area contributed by atoms with E-state index in [9.17, 15) is 30.7 Å². The summed E-state index contributed by atoms with van der Waals surface area (Å²) in [6.45, 7) is 0. The quantitative estimate of drug-likeness (QED) is 0.612. The van der Waals surface area contributed by atoms with Gasteiger partial charge in [0, 0.05) is 11.3 Å². The largest absolute Gasteiger partial charge is 0.430 e. The van der Waals surface area contributed by atoms with Crippen LogP contribution in [0.25, 0.3) is 0 Å². The van der Waals surface area contributed by atoms with Gasteiger partial charge in [-0.2, -0.15) is 26.3 Å². The molecule has 0 saturated carbocycles. The highest BCUT2D eigenvalue weighted by Gasteiger charge is 2.72. The zero-order chi connectivity index (χ0) is 14.4. The number of nitrogens with two attached hydrogens (primary N) is 1. The fourth-order valence-electron chi connectivity index (χ4n) is 1.29. The fourth-order valence-corrected chi connectivity index (χ4v) is 1.29. The molecule has 18 heavy (non-hydrogen) atoms. The van der Waals surface area contributed by atoms with Crippen molar-refractivity contribution >= 4 is 5.69 Å². The number of alkyl halides is 6. The first-order valence-corrected chi connectivity index (χ1v) is 4.32. The Balaban J connectivity index is 3.56. The molecule has 0 atom stereocenters. The Morgan fingerprint density at radius 1 is 0.944 bits per heavy atom. The Kier molecular flexibility index (Phi) is 3.24. The van der Waals surface area contributed by atoms with E-state index in [1.165, 1.54) is 0 Å². The van der Waals surface area contributed by atoms with Crippen LogP contribution in [0.4, 0.5) is 36.4 Å². The highest BCUT2D eigenvalue weighted by atomic mass is 19.4. The lowest BCUT2D eigenvalue weighted by molar-refractivity contribution is -0.377. The van der Waals surface area contributed by atoms with E-state index in [2.05, 4.69) is 0 Å². The minimum atomic E-state index is -6.12. The predicted molar refractivity (Wildman–Crippen MR) is 46.8 cm³/mol. The van der Waals surface area contributed by atoms with E-state index >= 15 is 0 Å². The molecular weight excluding hydrogens is 271 g/mol.